The van der Waals surface area contributed by atoms with E-state index >= 15 is 0 Å². The zero-order valence-electron chi connectivity index (χ0n) is 8.18. The SMILES string of the molecule is NC(=O)COOC1SOC(CO)[C@@H](O)C1O. The molecular weight excluding hydrogens is 242 g/mol. The number of hydrogen-bond donors (Lipinski definition) is 4. The summed E-state index contributed by atoms with van der Waals surface area (Å²) in [7, 11) is 0. The maximum Gasteiger partial charge on any atom is 0.246 e. The van der Waals surface area contributed by atoms with E-state index in [4.69, 9.17) is 15.0 Å². The molecule has 0 aliphatic carbocycles. The number of carbonyl (C=O) groups is 1. The van der Waals surface area contributed by atoms with Crippen molar-refractivity contribution < 1.29 is 34.1 Å². The van der Waals surface area contributed by atoms with Crippen molar-refractivity contribution >= 4 is 17.9 Å². The lowest BCUT2D eigenvalue weighted by Crippen LogP contribution is -2.50. The lowest BCUT2D eigenvalue weighted by atomic mass is 10.1. The van der Waals surface area contributed by atoms with Crippen molar-refractivity contribution in [2.45, 2.75) is 23.7 Å². The molecule has 0 aromatic heterocycles. The summed E-state index contributed by atoms with van der Waals surface area (Å²) >= 11 is 0.690. The lowest BCUT2D eigenvalue weighted by Gasteiger charge is -2.34. The minimum Gasteiger partial charge on any atom is -0.394 e. The molecule has 1 fully saturated rings. The third-order valence-corrected chi connectivity index (χ3v) is 2.73. The maximum atomic E-state index is 10.3. The van der Waals surface area contributed by atoms with Crippen molar-refractivity contribution in [3.05, 3.63) is 0 Å². The summed E-state index contributed by atoms with van der Waals surface area (Å²) in [6, 6.07) is 0. The third-order valence-electron chi connectivity index (χ3n) is 1.83. The van der Waals surface area contributed by atoms with Gasteiger partial charge in [-0.25, -0.2) is 9.78 Å². The Bertz CT molecular complexity index is 241. The first-order chi connectivity index (χ1) is 7.56. The van der Waals surface area contributed by atoms with Crippen molar-refractivity contribution in [2.75, 3.05) is 13.2 Å². The Morgan fingerprint density at radius 1 is 1.44 bits per heavy atom. The minimum atomic E-state index is -1.30. The van der Waals surface area contributed by atoms with E-state index < -0.39 is 42.9 Å². The molecule has 1 aliphatic rings. The number of primary amides is 1. The molecule has 0 radical (unpaired) electrons. The topological polar surface area (TPSA) is 131 Å². The van der Waals surface area contributed by atoms with Crippen molar-refractivity contribution in [1.29, 1.82) is 0 Å². The largest absolute Gasteiger partial charge is 0.394 e. The third kappa shape index (κ3) is 3.56. The van der Waals surface area contributed by atoms with Gasteiger partial charge in [0.15, 0.2) is 12.0 Å². The van der Waals surface area contributed by atoms with E-state index in [1.54, 1.807) is 0 Å². The fourth-order valence-corrected chi connectivity index (χ4v) is 1.78. The van der Waals surface area contributed by atoms with Gasteiger partial charge in [-0.05, 0) is 0 Å². The van der Waals surface area contributed by atoms with Gasteiger partial charge in [-0.3, -0.25) is 4.79 Å². The molecule has 0 aromatic rings. The molecule has 0 aromatic carbocycles. The van der Waals surface area contributed by atoms with Crippen LogP contribution in [0.25, 0.3) is 0 Å². The molecule has 16 heavy (non-hydrogen) atoms. The fraction of sp³-hybridized carbons (Fsp3) is 0.857. The molecule has 1 saturated heterocycles. The molecule has 4 atom stereocenters. The van der Waals surface area contributed by atoms with Crippen LogP contribution >= 0.6 is 12.0 Å². The zero-order valence-corrected chi connectivity index (χ0v) is 9.00. The lowest BCUT2D eigenvalue weighted by molar-refractivity contribution is -0.320. The van der Waals surface area contributed by atoms with Gasteiger partial charge in [0.05, 0.1) is 6.61 Å². The number of carbonyl (C=O) groups excluding carboxylic acids is 1. The normalized spacial score (nSPS) is 34.9. The molecule has 1 amide bonds. The van der Waals surface area contributed by atoms with Crippen molar-refractivity contribution in [3.8, 4) is 0 Å². The molecule has 1 rings (SSSR count). The molecule has 1 aliphatic heterocycles. The zero-order chi connectivity index (χ0) is 12.1. The fourth-order valence-electron chi connectivity index (χ4n) is 0.991. The summed E-state index contributed by atoms with van der Waals surface area (Å²) in [5, 5.41) is 27.7. The second-order valence-corrected chi connectivity index (χ2v) is 3.94. The molecule has 0 bridgehead atoms. The number of aliphatic hydroxyl groups is 3. The van der Waals surface area contributed by atoms with E-state index in [2.05, 4.69) is 9.78 Å². The second-order valence-electron chi connectivity index (χ2n) is 3.09. The van der Waals surface area contributed by atoms with E-state index in [0.29, 0.717) is 12.0 Å². The Kier molecular flexibility index (Phi) is 5.41. The van der Waals surface area contributed by atoms with Gasteiger partial charge in [0.1, 0.15) is 18.3 Å². The average molecular weight is 255 g/mol. The molecule has 8 nitrogen and oxygen atoms in total. The van der Waals surface area contributed by atoms with Crippen molar-refractivity contribution in [2.24, 2.45) is 5.73 Å². The number of amides is 1. The Morgan fingerprint density at radius 2 is 2.12 bits per heavy atom. The Morgan fingerprint density at radius 3 is 2.69 bits per heavy atom. The number of nitrogens with two attached hydrogens (primary N) is 1. The van der Waals surface area contributed by atoms with Gasteiger partial charge in [0.2, 0.25) is 5.91 Å². The van der Waals surface area contributed by atoms with E-state index in [1.165, 1.54) is 0 Å². The highest BCUT2D eigenvalue weighted by atomic mass is 32.2. The highest BCUT2D eigenvalue weighted by Crippen LogP contribution is 2.29. The number of hydrogen-bond acceptors (Lipinski definition) is 8. The quantitative estimate of drug-likeness (QED) is 0.241. The van der Waals surface area contributed by atoms with Crippen LogP contribution in [0.2, 0.25) is 0 Å². The van der Waals surface area contributed by atoms with E-state index in [1.807, 2.05) is 0 Å². The predicted molar refractivity (Wildman–Crippen MR) is 51.6 cm³/mol. The summed E-state index contributed by atoms with van der Waals surface area (Å²) in [4.78, 5) is 19.3. The summed E-state index contributed by atoms with van der Waals surface area (Å²) in [6.07, 6.45) is -3.49. The van der Waals surface area contributed by atoms with E-state index in [-0.39, 0.29) is 0 Å². The number of aliphatic hydroxyl groups excluding tert-OH is 3. The molecule has 0 saturated carbocycles. The summed E-state index contributed by atoms with van der Waals surface area (Å²) in [6.45, 7) is -0.899. The van der Waals surface area contributed by atoms with E-state index in [9.17, 15) is 15.0 Å². The van der Waals surface area contributed by atoms with Crippen LogP contribution in [-0.4, -0.2) is 58.2 Å². The summed E-state index contributed by atoms with van der Waals surface area (Å²) < 4.78 is 4.92. The minimum absolute atomic E-state index is 0.430. The molecule has 0 spiro atoms. The van der Waals surface area contributed by atoms with Gasteiger partial charge in [-0.2, -0.15) is 0 Å². The Balaban J connectivity index is 2.36. The smallest absolute Gasteiger partial charge is 0.246 e. The van der Waals surface area contributed by atoms with Crippen LogP contribution in [-0.2, 0) is 18.8 Å². The average Bonchev–Trinajstić information content (AvgIpc) is 2.24. The monoisotopic (exact) mass is 255 g/mol. The standard InChI is InChI=1S/C7H13NO7S/c8-4(10)2-13-14-7-6(12)5(11)3(1-9)15-16-7/h3,5-7,9,11-12H,1-2H2,(H2,8,10)/t3?,5-,6?,7?/m1/s1. The highest BCUT2D eigenvalue weighted by Gasteiger charge is 2.40. The van der Waals surface area contributed by atoms with Crippen LogP contribution in [0.5, 0.6) is 0 Å². The molecule has 9 heteroatoms. The summed E-state index contributed by atoms with van der Waals surface area (Å²) in [5.41, 5.74) is 3.77. The highest BCUT2D eigenvalue weighted by molar-refractivity contribution is 7.95. The van der Waals surface area contributed by atoms with Crippen LogP contribution in [0.15, 0.2) is 0 Å². The second kappa shape index (κ2) is 6.35. The molecule has 3 unspecified atom stereocenters. The summed E-state index contributed by atoms with van der Waals surface area (Å²) in [5.74, 6) is -0.731. The van der Waals surface area contributed by atoms with Gasteiger partial charge in [-0.15, -0.1) is 0 Å². The molecule has 94 valence electrons. The van der Waals surface area contributed by atoms with Crippen LogP contribution in [0.1, 0.15) is 0 Å². The van der Waals surface area contributed by atoms with Crippen LogP contribution < -0.4 is 5.73 Å². The van der Waals surface area contributed by atoms with Gasteiger partial charge in [0, 0.05) is 12.0 Å². The first-order valence-corrected chi connectivity index (χ1v) is 5.22. The molecule has 1 heterocycles. The Labute approximate surface area is 95.4 Å². The van der Waals surface area contributed by atoms with E-state index in [0.717, 1.165) is 0 Å². The van der Waals surface area contributed by atoms with Crippen LogP contribution in [0.3, 0.4) is 0 Å². The van der Waals surface area contributed by atoms with Crippen molar-refractivity contribution in [3.63, 3.8) is 0 Å². The van der Waals surface area contributed by atoms with Gasteiger partial charge >= 0.3 is 0 Å². The molecule has 5 N–H and O–H groups in total. The van der Waals surface area contributed by atoms with Crippen molar-refractivity contribution in [1.82, 2.24) is 0 Å². The predicted octanol–water partition coefficient (Wildman–Crippen LogP) is -2.49. The molecular formula is C7H13NO7S. The first-order valence-electron chi connectivity index (χ1n) is 4.42. The van der Waals surface area contributed by atoms with Gasteiger partial charge < -0.3 is 25.2 Å². The van der Waals surface area contributed by atoms with Gasteiger partial charge in [0.25, 0.3) is 0 Å². The number of rotatable bonds is 5. The first kappa shape index (κ1) is 13.6. The van der Waals surface area contributed by atoms with Gasteiger partial charge in [-0.1, -0.05) is 0 Å². The Hall–Kier alpha value is -0.420. The van der Waals surface area contributed by atoms with Crippen LogP contribution in [0, 0.1) is 0 Å². The van der Waals surface area contributed by atoms with Crippen LogP contribution in [0.4, 0.5) is 0 Å². The maximum absolute atomic E-state index is 10.3.